The molecule has 0 saturated carbocycles. The SMILES string of the molecule is C#CCOc1c(CC=C)cc(/C=C(/C#N)C(=O)N2CCN(c3ccccc3)CC2)cc1OC. The van der Waals surface area contributed by atoms with Crippen LogP contribution in [-0.4, -0.2) is 50.7 Å². The second-order valence-electron chi connectivity index (χ2n) is 7.48. The average Bonchev–Trinajstić information content (AvgIpc) is 2.86. The molecule has 168 valence electrons. The topological polar surface area (TPSA) is 65.8 Å². The number of para-hydroxylation sites is 1. The number of methoxy groups -OCH3 is 1. The van der Waals surface area contributed by atoms with Crippen molar-refractivity contribution in [3.63, 3.8) is 0 Å². The third-order valence-electron chi connectivity index (χ3n) is 5.39. The van der Waals surface area contributed by atoms with Gasteiger partial charge < -0.3 is 19.3 Å². The second kappa shape index (κ2) is 11.5. The Labute approximate surface area is 195 Å². The van der Waals surface area contributed by atoms with E-state index in [0.717, 1.165) is 11.3 Å². The third-order valence-corrected chi connectivity index (χ3v) is 5.39. The van der Waals surface area contributed by atoms with Gasteiger partial charge in [0.2, 0.25) is 0 Å². The molecular weight excluding hydrogens is 414 g/mol. The van der Waals surface area contributed by atoms with Crippen molar-refractivity contribution in [2.45, 2.75) is 6.42 Å². The number of carbonyl (C=O) groups is 1. The summed E-state index contributed by atoms with van der Waals surface area (Å²) >= 11 is 0. The van der Waals surface area contributed by atoms with Gasteiger partial charge in [0.1, 0.15) is 18.2 Å². The van der Waals surface area contributed by atoms with Crippen LogP contribution in [0.4, 0.5) is 5.69 Å². The van der Waals surface area contributed by atoms with Crippen molar-refractivity contribution < 1.29 is 14.3 Å². The zero-order valence-electron chi connectivity index (χ0n) is 18.8. The maximum absolute atomic E-state index is 13.1. The van der Waals surface area contributed by atoms with Crippen molar-refractivity contribution in [2.24, 2.45) is 0 Å². The number of allylic oxidation sites excluding steroid dienone is 1. The highest BCUT2D eigenvalue weighted by molar-refractivity contribution is 6.02. The van der Waals surface area contributed by atoms with Gasteiger partial charge in [-0.05, 0) is 42.3 Å². The fraction of sp³-hybridized carbons (Fsp3) is 0.259. The molecule has 6 heteroatoms. The molecule has 1 heterocycles. The lowest BCUT2D eigenvalue weighted by Crippen LogP contribution is -2.49. The van der Waals surface area contributed by atoms with Gasteiger partial charge in [0.25, 0.3) is 5.91 Å². The minimum Gasteiger partial charge on any atom is -0.493 e. The van der Waals surface area contributed by atoms with Gasteiger partial charge in [-0.25, -0.2) is 0 Å². The highest BCUT2D eigenvalue weighted by atomic mass is 16.5. The smallest absolute Gasteiger partial charge is 0.264 e. The summed E-state index contributed by atoms with van der Waals surface area (Å²) in [7, 11) is 1.53. The number of piperazine rings is 1. The van der Waals surface area contributed by atoms with Gasteiger partial charge in [-0.3, -0.25) is 4.79 Å². The Bertz CT molecular complexity index is 1100. The number of ether oxygens (including phenoxy) is 2. The number of terminal acetylenes is 1. The quantitative estimate of drug-likeness (QED) is 0.271. The maximum atomic E-state index is 13.1. The van der Waals surface area contributed by atoms with Gasteiger partial charge in [-0.15, -0.1) is 13.0 Å². The Balaban J connectivity index is 1.80. The Morgan fingerprint density at radius 3 is 2.55 bits per heavy atom. The van der Waals surface area contributed by atoms with E-state index in [-0.39, 0.29) is 18.1 Å². The van der Waals surface area contributed by atoms with E-state index in [2.05, 4.69) is 35.6 Å². The number of nitriles is 1. The predicted molar refractivity (Wildman–Crippen MR) is 130 cm³/mol. The summed E-state index contributed by atoms with van der Waals surface area (Å²) in [6.07, 6.45) is 9.18. The number of nitrogens with zero attached hydrogens (tertiary/aromatic N) is 3. The van der Waals surface area contributed by atoms with E-state index in [9.17, 15) is 10.1 Å². The van der Waals surface area contributed by atoms with Gasteiger partial charge in [0.15, 0.2) is 11.5 Å². The van der Waals surface area contributed by atoms with E-state index in [1.165, 1.54) is 7.11 Å². The molecule has 0 radical (unpaired) electrons. The number of amides is 1. The van der Waals surface area contributed by atoms with Crippen LogP contribution >= 0.6 is 0 Å². The number of benzene rings is 2. The molecule has 0 unspecified atom stereocenters. The van der Waals surface area contributed by atoms with Crippen LogP contribution in [0.3, 0.4) is 0 Å². The molecule has 1 aliphatic heterocycles. The monoisotopic (exact) mass is 441 g/mol. The van der Waals surface area contributed by atoms with Crippen LogP contribution in [0.2, 0.25) is 0 Å². The normalized spacial score (nSPS) is 13.6. The Morgan fingerprint density at radius 1 is 1.21 bits per heavy atom. The van der Waals surface area contributed by atoms with Gasteiger partial charge in [0, 0.05) is 37.4 Å². The first-order valence-electron chi connectivity index (χ1n) is 10.7. The molecule has 0 aliphatic carbocycles. The summed E-state index contributed by atoms with van der Waals surface area (Å²) in [4.78, 5) is 17.0. The van der Waals surface area contributed by atoms with Crippen LogP contribution < -0.4 is 14.4 Å². The zero-order valence-corrected chi connectivity index (χ0v) is 18.8. The van der Waals surface area contributed by atoms with Gasteiger partial charge >= 0.3 is 0 Å². The fourth-order valence-electron chi connectivity index (χ4n) is 3.79. The molecule has 1 amide bonds. The first-order valence-corrected chi connectivity index (χ1v) is 10.7. The highest BCUT2D eigenvalue weighted by Crippen LogP contribution is 2.34. The Kier molecular flexibility index (Phi) is 8.16. The van der Waals surface area contributed by atoms with E-state index in [4.69, 9.17) is 15.9 Å². The van der Waals surface area contributed by atoms with Gasteiger partial charge in [-0.2, -0.15) is 5.26 Å². The van der Waals surface area contributed by atoms with Crippen molar-refractivity contribution >= 4 is 17.7 Å². The lowest BCUT2D eigenvalue weighted by molar-refractivity contribution is -0.126. The molecule has 2 aromatic carbocycles. The zero-order chi connectivity index (χ0) is 23.6. The molecule has 0 bridgehead atoms. The number of hydrogen-bond acceptors (Lipinski definition) is 5. The number of anilines is 1. The van der Waals surface area contributed by atoms with Gasteiger partial charge in [-0.1, -0.05) is 30.2 Å². The average molecular weight is 442 g/mol. The highest BCUT2D eigenvalue weighted by Gasteiger charge is 2.24. The lowest BCUT2D eigenvalue weighted by Gasteiger charge is -2.36. The van der Waals surface area contributed by atoms with E-state index in [0.29, 0.717) is 49.7 Å². The molecule has 1 aliphatic rings. The standard InChI is InChI=1S/C27H27N3O3/c1-4-9-22-17-21(19-25(32-3)26(22)33-16-5-2)18-23(20-28)27(31)30-14-12-29(13-15-30)24-10-7-6-8-11-24/h2,4,6-8,10-11,17-19H,1,9,12-16H2,3H3/b23-18-. The van der Waals surface area contributed by atoms with Crippen molar-refractivity contribution in [2.75, 3.05) is 44.8 Å². The van der Waals surface area contributed by atoms with E-state index in [1.807, 2.05) is 24.3 Å². The third kappa shape index (κ3) is 5.75. The molecule has 0 N–H and O–H groups in total. The largest absolute Gasteiger partial charge is 0.493 e. The molecule has 0 aromatic heterocycles. The summed E-state index contributed by atoms with van der Waals surface area (Å²) < 4.78 is 11.1. The molecule has 1 fully saturated rings. The summed E-state index contributed by atoms with van der Waals surface area (Å²) in [6, 6.07) is 15.8. The summed E-state index contributed by atoms with van der Waals surface area (Å²) in [6.45, 7) is 6.43. The molecular formula is C27H27N3O3. The molecule has 2 aromatic rings. The fourth-order valence-corrected chi connectivity index (χ4v) is 3.79. The van der Waals surface area contributed by atoms with Crippen LogP contribution in [0, 0.1) is 23.7 Å². The van der Waals surface area contributed by atoms with Crippen molar-refractivity contribution in [1.82, 2.24) is 4.90 Å². The summed E-state index contributed by atoms with van der Waals surface area (Å²) in [5.74, 6) is 3.19. The molecule has 1 saturated heterocycles. The lowest BCUT2D eigenvalue weighted by atomic mass is 10.0. The van der Waals surface area contributed by atoms with Gasteiger partial charge in [0.05, 0.1) is 7.11 Å². The van der Waals surface area contributed by atoms with Crippen molar-refractivity contribution in [3.8, 4) is 29.9 Å². The minimum atomic E-state index is -0.276. The summed E-state index contributed by atoms with van der Waals surface area (Å²) in [5, 5.41) is 9.72. The predicted octanol–water partition coefficient (Wildman–Crippen LogP) is 3.69. The van der Waals surface area contributed by atoms with Crippen molar-refractivity contribution in [1.29, 1.82) is 5.26 Å². The molecule has 33 heavy (non-hydrogen) atoms. The Morgan fingerprint density at radius 2 is 1.94 bits per heavy atom. The Hall–Kier alpha value is -4.16. The van der Waals surface area contributed by atoms with E-state index < -0.39 is 0 Å². The molecule has 6 nitrogen and oxygen atoms in total. The first-order chi connectivity index (χ1) is 16.1. The number of hydrogen-bond donors (Lipinski definition) is 0. The van der Waals surface area contributed by atoms with E-state index in [1.54, 1.807) is 23.1 Å². The van der Waals surface area contributed by atoms with E-state index >= 15 is 0 Å². The maximum Gasteiger partial charge on any atom is 0.264 e. The minimum absolute atomic E-state index is 0.0760. The van der Waals surface area contributed by atoms with Crippen LogP contribution in [0.25, 0.3) is 6.08 Å². The second-order valence-corrected chi connectivity index (χ2v) is 7.48. The first kappa shape index (κ1) is 23.5. The molecule has 0 spiro atoms. The van der Waals surface area contributed by atoms with Crippen molar-refractivity contribution in [3.05, 3.63) is 71.8 Å². The van der Waals surface area contributed by atoms with Crippen LogP contribution in [0.1, 0.15) is 11.1 Å². The molecule has 0 atom stereocenters. The molecule has 3 rings (SSSR count). The van der Waals surface area contributed by atoms with Crippen LogP contribution in [0.15, 0.2) is 60.7 Å². The number of carbonyl (C=O) groups excluding carboxylic acids is 1. The summed E-state index contributed by atoms with van der Waals surface area (Å²) in [5.41, 5.74) is 2.69. The van der Waals surface area contributed by atoms with Crippen LogP contribution in [-0.2, 0) is 11.2 Å². The number of rotatable bonds is 8. The van der Waals surface area contributed by atoms with Crippen LogP contribution in [0.5, 0.6) is 11.5 Å².